The van der Waals surface area contributed by atoms with E-state index in [1.807, 2.05) is 4.57 Å². The van der Waals surface area contributed by atoms with Gasteiger partial charge in [0.25, 0.3) is 0 Å². The fourth-order valence-electron chi connectivity index (χ4n) is 2.89. The zero-order valence-electron chi connectivity index (χ0n) is 18.1. The third-order valence-corrected chi connectivity index (χ3v) is 5.14. The molecule has 0 aliphatic heterocycles. The first-order valence-corrected chi connectivity index (χ1v) is 10.2. The molecule has 7 nitrogen and oxygen atoms in total. The maximum Gasteiger partial charge on any atom is 0.320 e. The molecule has 0 bridgehead atoms. The third kappa shape index (κ3) is 5.23. The zero-order chi connectivity index (χ0) is 21.0. The quantitative estimate of drug-likeness (QED) is 0.582. The summed E-state index contributed by atoms with van der Waals surface area (Å²) in [7, 11) is 2.15. The van der Waals surface area contributed by atoms with Crippen molar-refractivity contribution in [1.29, 1.82) is 0 Å². The van der Waals surface area contributed by atoms with Gasteiger partial charge in [0.15, 0.2) is 17.0 Å². The van der Waals surface area contributed by atoms with E-state index in [0.717, 1.165) is 19.4 Å². The van der Waals surface area contributed by atoms with E-state index >= 15 is 0 Å². The van der Waals surface area contributed by atoms with E-state index in [9.17, 15) is 0 Å². The van der Waals surface area contributed by atoms with Gasteiger partial charge in [0.1, 0.15) is 0 Å². The lowest BCUT2D eigenvalue weighted by Crippen LogP contribution is -2.37. The van der Waals surface area contributed by atoms with Gasteiger partial charge < -0.3 is 15.0 Å². The SMILES string of the molecule is CCCCOc1nc(N)c2ncn(Cc3ccc(CN(C)C(C)(C)C)cc3)c2n1. The maximum atomic E-state index is 6.06. The molecule has 0 fully saturated rings. The standard InChI is InChI=1S/C22H32N6O/c1-6-7-12-29-21-25-19(23)18-20(26-21)28(15-24-18)14-17-10-8-16(9-11-17)13-27(5)22(2,3)4/h8-11,15H,6-7,12-14H2,1-5H3,(H2,23,25,26). The molecule has 1 aromatic carbocycles. The summed E-state index contributed by atoms with van der Waals surface area (Å²) in [6.07, 6.45) is 3.77. The molecule has 0 atom stereocenters. The van der Waals surface area contributed by atoms with Crippen molar-refractivity contribution in [3.8, 4) is 6.01 Å². The van der Waals surface area contributed by atoms with E-state index in [0.29, 0.717) is 36.1 Å². The summed E-state index contributed by atoms with van der Waals surface area (Å²) < 4.78 is 7.62. The normalized spacial score (nSPS) is 12.1. The number of rotatable bonds is 8. The summed E-state index contributed by atoms with van der Waals surface area (Å²) in [5, 5.41) is 0. The van der Waals surface area contributed by atoms with Crippen LogP contribution in [0.1, 0.15) is 51.7 Å². The van der Waals surface area contributed by atoms with Crippen LogP contribution in [0.25, 0.3) is 11.2 Å². The highest BCUT2D eigenvalue weighted by Gasteiger charge is 2.17. The number of anilines is 1. The summed E-state index contributed by atoms with van der Waals surface area (Å²) >= 11 is 0. The number of nitrogens with zero attached hydrogens (tertiary/aromatic N) is 5. The molecule has 7 heteroatoms. The fourth-order valence-corrected chi connectivity index (χ4v) is 2.89. The number of hydrogen-bond donors (Lipinski definition) is 1. The molecular formula is C22H32N6O. The molecule has 2 heterocycles. The predicted molar refractivity (Wildman–Crippen MR) is 117 cm³/mol. The van der Waals surface area contributed by atoms with E-state index in [2.05, 4.69) is 78.9 Å². The number of benzene rings is 1. The second-order valence-corrected chi connectivity index (χ2v) is 8.48. The van der Waals surface area contributed by atoms with Crippen molar-refractivity contribution in [2.24, 2.45) is 0 Å². The third-order valence-electron chi connectivity index (χ3n) is 5.14. The van der Waals surface area contributed by atoms with Crippen molar-refractivity contribution in [1.82, 2.24) is 24.4 Å². The molecule has 0 aliphatic rings. The van der Waals surface area contributed by atoms with Gasteiger partial charge in [0, 0.05) is 12.1 Å². The van der Waals surface area contributed by atoms with Crippen LogP contribution in [0, 0.1) is 0 Å². The second-order valence-electron chi connectivity index (χ2n) is 8.48. The Morgan fingerprint density at radius 2 is 1.79 bits per heavy atom. The van der Waals surface area contributed by atoms with E-state index < -0.39 is 0 Å². The van der Waals surface area contributed by atoms with Crippen molar-refractivity contribution in [2.45, 2.75) is 59.2 Å². The monoisotopic (exact) mass is 396 g/mol. The Kier molecular flexibility index (Phi) is 6.37. The molecule has 2 N–H and O–H groups in total. The van der Waals surface area contributed by atoms with Crippen LogP contribution in [0.4, 0.5) is 5.82 Å². The Morgan fingerprint density at radius 3 is 2.45 bits per heavy atom. The van der Waals surface area contributed by atoms with Crippen molar-refractivity contribution < 1.29 is 4.74 Å². The maximum absolute atomic E-state index is 6.06. The number of imidazole rings is 1. The van der Waals surface area contributed by atoms with Gasteiger partial charge in [-0.05, 0) is 45.4 Å². The molecule has 0 radical (unpaired) electrons. The van der Waals surface area contributed by atoms with Crippen LogP contribution in [0.5, 0.6) is 6.01 Å². The van der Waals surface area contributed by atoms with Gasteiger partial charge in [-0.2, -0.15) is 9.97 Å². The minimum absolute atomic E-state index is 0.144. The number of fused-ring (bicyclic) bond motifs is 1. The first-order valence-electron chi connectivity index (χ1n) is 10.2. The molecule has 29 heavy (non-hydrogen) atoms. The molecule has 0 amide bonds. The number of nitrogen functional groups attached to an aromatic ring is 1. The van der Waals surface area contributed by atoms with Crippen LogP contribution in [-0.4, -0.2) is 43.6 Å². The summed E-state index contributed by atoms with van der Waals surface area (Å²) in [5.74, 6) is 0.348. The Hall–Kier alpha value is -2.67. The van der Waals surface area contributed by atoms with Crippen molar-refractivity contribution in [3.05, 3.63) is 41.7 Å². The molecule has 3 aromatic rings. The summed E-state index contributed by atoms with van der Waals surface area (Å²) in [6, 6.07) is 8.98. The number of ether oxygens (including phenoxy) is 1. The number of aromatic nitrogens is 4. The van der Waals surface area contributed by atoms with Crippen LogP contribution in [0.3, 0.4) is 0 Å². The van der Waals surface area contributed by atoms with E-state index in [-0.39, 0.29) is 5.54 Å². The van der Waals surface area contributed by atoms with E-state index in [1.54, 1.807) is 6.33 Å². The Balaban J connectivity index is 1.75. The Labute approximate surface area is 172 Å². The summed E-state index contributed by atoms with van der Waals surface area (Å²) in [6.45, 7) is 10.9. The lowest BCUT2D eigenvalue weighted by Gasteiger charge is -2.31. The van der Waals surface area contributed by atoms with Gasteiger partial charge in [-0.25, -0.2) is 4.98 Å². The molecule has 0 saturated carbocycles. The van der Waals surface area contributed by atoms with E-state index in [1.165, 1.54) is 11.1 Å². The van der Waals surface area contributed by atoms with Gasteiger partial charge in [-0.15, -0.1) is 0 Å². The van der Waals surface area contributed by atoms with Crippen molar-refractivity contribution >= 4 is 17.0 Å². The zero-order valence-corrected chi connectivity index (χ0v) is 18.1. The Bertz CT molecular complexity index is 942. The smallest absolute Gasteiger partial charge is 0.320 e. The highest BCUT2D eigenvalue weighted by Crippen LogP contribution is 2.21. The molecule has 3 rings (SSSR count). The van der Waals surface area contributed by atoms with E-state index in [4.69, 9.17) is 10.5 Å². The average molecular weight is 397 g/mol. The Morgan fingerprint density at radius 1 is 1.10 bits per heavy atom. The lowest BCUT2D eigenvalue weighted by molar-refractivity contribution is 0.167. The summed E-state index contributed by atoms with van der Waals surface area (Å²) in [5.41, 5.74) is 9.97. The molecule has 2 aromatic heterocycles. The topological polar surface area (TPSA) is 82.1 Å². The largest absolute Gasteiger partial charge is 0.463 e. The van der Waals surface area contributed by atoms with Crippen LogP contribution in [0.15, 0.2) is 30.6 Å². The second kappa shape index (κ2) is 8.78. The minimum Gasteiger partial charge on any atom is -0.463 e. The van der Waals surface area contributed by atoms with Crippen LogP contribution in [-0.2, 0) is 13.1 Å². The van der Waals surface area contributed by atoms with Crippen molar-refractivity contribution in [2.75, 3.05) is 19.4 Å². The highest BCUT2D eigenvalue weighted by molar-refractivity contribution is 5.81. The minimum atomic E-state index is 0.144. The van der Waals surface area contributed by atoms with Crippen LogP contribution < -0.4 is 10.5 Å². The number of nitrogens with two attached hydrogens (primary N) is 1. The van der Waals surface area contributed by atoms with Crippen LogP contribution in [0.2, 0.25) is 0 Å². The molecule has 0 unspecified atom stereocenters. The molecule has 156 valence electrons. The highest BCUT2D eigenvalue weighted by atomic mass is 16.5. The first-order chi connectivity index (χ1) is 13.8. The first kappa shape index (κ1) is 21.0. The fraction of sp³-hybridized carbons (Fsp3) is 0.500. The lowest BCUT2D eigenvalue weighted by atomic mass is 10.0. The number of unbranched alkanes of at least 4 members (excludes halogenated alkanes) is 1. The van der Waals surface area contributed by atoms with Gasteiger partial charge in [0.05, 0.1) is 19.5 Å². The average Bonchev–Trinajstić information content (AvgIpc) is 3.06. The molecular weight excluding hydrogens is 364 g/mol. The molecule has 0 saturated heterocycles. The molecule has 0 aliphatic carbocycles. The van der Waals surface area contributed by atoms with Crippen molar-refractivity contribution in [3.63, 3.8) is 0 Å². The van der Waals surface area contributed by atoms with Gasteiger partial charge in [-0.3, -0.25) is 4.90 Å². The van der Waals surface area contributed by atoms with Crippen LogP contribution >= 0.6 is 0 Å². The number of hydrogen-bond acceptors (Lipinski definition) is 6. The van der Waals surface area contributed by atoms with Gasteiger partial charge in [-0.1, -0.05) is 37.6 Å². The predicted octanol–water partition coefficient (Wildman–Crippen LogP) is 3.87. The molecule has 0 spiro atoms. The summed E-state index contributed by atoms with van der Waals surface area (Å²) in [4.78, 5) is 15.5. The van der Waals surface area contributed by atoms with Gasteiger partial charge >= 0.3 is 6.01 Å². The van der Waals surface area contributed by atoms with Gasteiger partial charge in [0.2, 0.25) is 0 Å².